The topological polar surface area (TPSA) is 119 Å². The van der Waals surface area contributed by atoms with Gasteiger partial charge < -0.3 is 10.0 Å². The molecule has 9 nitrogen and oxygen atoms in total. The average Bonchev–Trinajstić information content (AvgIpc) is 3.22. The molecule has 3 rings (SSSR count). The number of benzene rings is 1. The van der Waals surface area contributed by atoms with Gasteiger partial charge in [-0.2, -0.15) is 5.10 Å². The van der Waals surface area contributed by atoms with Crippen LogP contribution in [-0.2, 0) is 16.1 Å². The van der Waals surface area contributed by atoms with Crippen molar-refractivity contribution in [2.75, 3.05) is 13.1 Å². The van der Waals surface area contributed by atoms with Crippen LogP contribution in [0.3, 0.4) is 0 Å². The second-order valence-corrected chi connectivity index (χ2v) is 7.01. The van der Waals surface area contributed by atoms with Crippen molar-refractivity contribution in [1.82, 2.24) is 14.7 Å². The molecule has 1 aromatic carbocycles. The number of carboxylic acids is 1. The predicted octanol–water partition coefficient (Wildman–Crippen LogP) is 2.13. The van der Waals surface area contributed by atoms with Crippen LogP contribution in [0.15, 0.2) is 30.3 Å². The fourth-order valence-corrected chi connectivity index (χ4v) is 3.82. The molecule has 0 bridgehead atoms. The molecule has 0 saturated carbocycles. The molecule has 1 aromatic heterocycles. The average molecular weight is 386 g/mol. The van der Waals surface area contributed by atoms with E-state index in [9.17, 15) is 24.8 Å². The van der Waals surface area contributed by atoms with Crippen molar-refractivity contribution < 1.29 is 19.6 Å². The fourth-order valence-electron chi connectivity index (χ4n) is 3.82. The third-order valence-electron chi connectivity index (χ3n) is 5.28. The van der Waals surface area contributed by atoms with E-state index >= 15 is 0 Å². The minimum absolute atomic E-state index is 0.0382. The van der Waals surface area contributed by atoms with Gasteiger partial charge in [-0.05, 0) is 19.4 Å². The van der Waals surface area contributed by atoms with Gasteiger partial charge >= 0.3 is 11.7 Å². The molecule has 2 heterocycles. The van der Waals surface area contributed by atoms with Gasteiger partial charge in [0.05, 0.1) is 17.4 Å². The number of amides is 1. The third-order valence-corrected chi connectivity index (χ3v) is 5.28. The first-order valence-corrected chi connectivity index (χ1v) is 9.03. The van der Waals surface area contributed by atoms with Crippen LogP contribution >= 0.6 is 0 Å². The summed E-state index contributed by atoms with van der Waals surface area (Å²) in [6.45, 7) is 3.88. The fraction of sp³-hybridized carbons (Fsp3) is 0.421. The SMILES string of the molecule is Cc1nn(CCC(=O)N2CC(C(=O)O)C(c3ccccc3)C2)c(C)c1[N+](=O)[O-]. The van der Waals surface area contributed by atoms with Crippen LogP contribution in [0.2, 0.25) is 0 Å². The number of carboxylic acid groups (broad SMARTS) is 1. The number of carbonyl (C=O) groups is 2. The zero-order valence-electron chi connectivity index (χ0n) is 15.7. The maximum Gasteiger partial charge on any atom is 0.312 e. The van der Waals surface area contributed by atoms with Gasteiger partial charge in [0.15, 0.2) is 0 Å². The number of hydrogen-bond acceptors (Lipinski definition) is 5. The Morgan fingerprint density at radius 3 is 2.50 bits per heavy atom. The van der Waals surface area contributed by atoms with Gasteiger partial charge in [0.1, 0.15) is 11.4 Å². The Bertz CT molecular complexity index is 909. The summed E-state index contributed by atoms with van der Waals surface area (Å²) in [6, 6.07) is 9.33. The molecule has 1 saturated heterocycles. The van der Waals surface area contributed by atoms with Crippen molar-refractivity contribution in [3.05, 3.63) is 57.4 Å². The minimum Gasteiger partial charge on any atom is -0.481 e. The van der Waals surface area contributed by atoms with Gasteiger partial charge in [0.25, 0.3) is 0 Å². The quantitative estimate of drug-likeness (QED) is 0.600. The van der Waals surface area contributed by atoms with E-state index in [4.69, 9.17) is 0 Å². The Balaban J connectivity index is 1.69. The Morgan fingerprint density at radius 2 is 1.93 bits per heavy atom. The zero-order valence-corrected chi connectivity index (χ0v) is 15.7. The monoisotopic (exact) mass is 386 g/mol. The van der Waals surface area contributed by atoms with Gasteiger partial charge in [-0.3, -0.25) is 24.4 Å². The van der Waals surface area contributed by atoms with E-state index in [1.807, 2.05) is 30.3 Å². The molecular formula is C19H22N4O5. The van der Waals surface area contributed by atoms with Crippen molar-refractivity contribution >= 4 is 17.6 Å². The van der Waals surface area contributed by atoms with Gasteiger partial charge in [-0.25, -0.2) is 0 Å². The molecule has 1 fully saturated rings. The first kappa shape index (κ1) is 19.5. The summed E-state index contributed by atoms with van der Waals surface area (Å²) in [7, 11) is 0. The van der Waals surface area contributed by atoms with Crippen LogP contribution in [0.4, 0.5) is 5.69 Å². The summed E-state index contributed by atoms with van der Waals surface area (Å²) in [5.41, 5.74) is 1.58. The number of aliphatic carboxylic acids is 1. The summed E-state index contributed by atoms with van der Waals surface area (Å²) >= 11 is 0. The van der Waals surface area contributed by atoms with Crippen LogP contribution in [0.25, 0.3) is 0 Å². The van der Waals surface area contributed by atoms with Crippen molar-refractivity contribution in [1.29, 1.82) is 0 Å². The number of hydrogen-bond donors (Lipinski definition) is 1. The van der Waals surface area contributed by atoms with Gasteiger partial charge in [-0.1, -0.05) is 30.3 Å². The highest BCUT2D eigenvalue weighted by atomic mass is 16.6. The van der Waals surface area contributed by atoms with Gasteiger partial charge in [0, 0.05) is 25.4 Å². The second-order valence-electron chi connectivity index (χ2n) is 7.01. The number of likely N-dealkylation sites (tertiary alicyclic amines) is 1. The maximum atomic E-state index is 12.7. The standard InChI is InChI=1S/C19H22N4O5/c1-12-18(23(27)28)13(2)22(20-12)9-8-17(24)21-10-15(16(11-21)19(25)26)14-6-4-3-5-7-14/h3-7,15-16H,8-11H2,1-2H3,(H,25,26). The number of rotatable bonds is 6. The van der Waals surface area contributed by atoms with Crippen LogP contribution in [0.5, 0.6) is 0 Å². The normalized spacial score (nSPS) is 19.0. The highest BCUT2D eigenvalue weighted by Crippen LogP contribution is 2.33. The largest absolute Gasteiger partial charge is 0.481 e. The molecule has 2 aromatic rings. The first-order chi connectivity index (χ1) is 13.3. The molecule has 0 aliphatic carbocycles. The first-order valence-electron chi connectivity index (χ1n) is 9.03. The summed E-state index contributed by atoms with van der Waals surface area (Å²) < 4.78 is 1.46. The number of aromatic nitrogens is 2. The summed E-state index contributed by atoms with van der Waals surface area (Å²) in [6.07, 6.45) is 0.104. The highest BCUT2D eigenvalue weighted by Gasteiger charge is 2.40. The van der Waals surface area contributed by atoms with E-state index in [2.05, 4.69) is 5.10 Å². The molecule has 1 aliphatic rings. The number of aryl methyl sites for hydroxylation is 2. The van der Waals surface area contributed by atoms with E-state index < -0.39 is 16.8 Å². The van der Waals surface area contributed by atoms with Crippen LogP contribution < -0.4 is 0 Å². The Morgan fingerprint density at radius 1 is 1.25 bits per heavy atom. The smallest absolute Gasteiger partial charge is 0.312 e. The lowest BCUT2D eigenvalue weighted by Gasteiger charge is -2.16. The minimum atomic E-state index is -0.918. The molecule has 2 unspecified atom stereocenters. The highest BCUT2D eigenvalue weighted by molar-refractivity contribution is 5.79. The van der Waals surface area contributed by atoms with Crippen molar-refractivity contribution in [3.8, 4) is 0 Å². The number of carbonyl (C=O) groups excluding carboxylic acids is 1. The molecule has 0 spiro atoms. The Hall–Kier alpha value is -3.23. The summed E-state index contributed by atoms with van der Waals surface area (Å²) in [5, 5.41) is 24.8. The molecular weight excluding hydrogens is 364 g/mol. The van der Waals surface area contributed by atoms with E-state index in [0.29, 0.717) is 17.9 Å². The number of nitro groups is 1. The lowest BCUT2D eigenvalue weighted by Crippen LogP contribution is -2.30. The maximum absolute atomic E-state index is 12.7. The molecule has 2 atom stereocenters. The Labute approximate surface area is 161 Å². The van der Waals surface area contributed by atoms with Crippen LogP contribution in [-0.4, -0.2) is 49.7 Å². The number of nitrogens with zero attached hydrogens (tertiary/aromatic N) is 4. The zero-order chi connectivity index (χ0) is 20.4. The molecule has 9 heteroatoms. The second kappa shape index (κ2) is 7.79. The summed E-state index contributed by atoms with van der Waals surface area (Å²) in [4.78, 5) is 36.5. The van der Waals surface area contributed by atoms with Crippen molar-refractivity contribution in [2.45, 2.75) is 32.7 Å². The molecule has 1 N–H and O–H groups in total. The van der Waals surface area contributed by atoms with Crippen LogP contribution in [0, 0.1) is 29.9 Å². The lowest BCUT2D eigenvalue weighted by molar-refractivity contribution is -0.386. The third kappa shape index (κ3) is 3.73. The van der Waals surface area contributed by atoms with Gasteiger partial charge in [0.2, 0.25) is 5.91 Å². The van der Waals surface area contributed by atoms with E-state index in [0.717, 1.165) is 5.56 Å². The van der Waals surface area contributed by atoms with E-state index in [-0.39, 0.29) is 37.0 Å². The lowest BCUT2D eigenvalue weighted by atomic mass is 9.89. The molecule has 0 radical (unpaired) electrons. The Kier molecular flexibility index (Phi) is 5.43. The van der Waals surface area contributed by atoms with E-state index in [1.54, 1.807) is 18.7 Å². The molecule has 1 amide bonds. The molecule has 1 aliphatic heterocycles. The predicted molar refractivity (Wildman–Crippen MR) is 99.9 cm³/mol. The summed E-state index contributed by atoms with van der Waals surface area (Å²) in [5.74, 6) is -2.00. The molecule has 28 heavy (non-hydrogen) atoms. The van der Waals surface area contributed by atoms with Gasteiger partial charge in [-0.15, -0.1) is 0 Å². The van der Waals surface area contributed by atoms with Crippen molar-refractivity contribution in [2.24, 2.45) is 5.92 Å². The molecule has 148 valence electrons. The van der Waals surface area contributed by atoms with Crippen molar-refractivity contribution in [3.63, 3.8) is 0 Å². The van der Waals surface area contributed by atoms with Crippen LogP contribution in [0.1, 0.15) is 29.3 Å². The van der Waals surface area contributed by atoms with E-state index in [1.165, 1.54) is 4.68 Å².